The Morgan fingerprint density at radius 1 is 0.824 bits per heavy atom. The Kier molecular flexibility index (Phi) is 2.26. The van der Waals surface area contributed by atoms with Crippen molar-refractivity contribution in [3.63, 3.8) is 0 Å². The second-order valence-corrected chi connectivity index (χ2v) is 3.92. The van der Waals surface area contributed by atoms with Crippen molar-refractivity contribution in [2.24, 2.45) is 0 Å². The van der Waals surface area contributed by atoms with E-state index in [9.17, 15) is 5.11 Å². The molecule has 1 heterocycles. The number of aromatic hydroxyl groups is 1. The van der Waals surface area contributed by atoms with Gasteiger partial charge in [-0.3, -0.25) is 4.98 Å². The average Bonchev–Trinajstić information content (AvgIpc) is 2.39. The van der Waals surface area contributed by atoms with Crippen LogP contribution < -0.4 is 0 Å². The number of rotatable bonds is 1. The molecule has 0 fully saturated rings. The van der Waals surface area contributed by atoms with Crippen molar-refractivity contribution in [1.82, 2.24) is 4.98 Å². The van der Waals surface area contributed by atoms with Crippen molar-refractivity contribution in [2.45, 2.75) is 0 Å². The molecule has 2 nitrogen and oxygen atoms in total. The molecule has 2 heteroatoms. The van der Waals surface area contributed by atoms with E-state index in [1.54, 1.807) is 12.3 Å². The van der Waals surface area contributed by atoms with Crippen molar-refractivity contribution >= 4 is 10.8 Å². The van der Waals surface area contributed by atoms with Crippen LogP contribution in [-0.2, 0) is 0 Å². The normalized spacial score (nSPS) is 10.6. The van der Waals surface area contributed by atoms with Gasteiger partial charge in [0.1, 0.15) is 5.75 Å². The highest BCUT2D eigenvalue weighted by Gasteiger charge is 2.06. The number of aromatic nitrogens is 1. The number of phenolic OH excluding ortho intramolecular Hbond substituents is 1. The molecule has 0 bridgehead atoms. The summed E-state index contributed by atoms with van der Waals surface area (Å²) in [6.07, 6.45) is 3.60. The summed E-state index contributed by atoms with van der Waals surface area (Å²) in [5, 5.41) is 12.1. The molecule has 0 aliphatic rings. The molecule has 0 amide bonds. The van der Waals surface area contributed by atoms with Gasteiger partial charge >= 0.3 is 0 Å². The van der Waals surface area contributed by atoms with Gasteiger partial charge in [-0.05, 0) is 23.1 Å². The van der Waals surface area contributed by atoms with Crippen LogP contribution in [0.2, 0.25) is 0 Å². The maximum Gasteiger partial charge on any atom is 0.123 e. The SMILES string of the molecule is Oc1ccccc1-c1cccc2cnccc12. The van der Waals surface area contributed by atoms with Crippen molar-refractivity contribution in [2.75, 3.05) is 0 Å². The predicted octanol–water partition coefficient (Wildman–Crippen LogP) is 3.61. The van der Waals surface area contributed by atoms with Gasteiger partial charge in [-0.25, -0.2) is 0 Å². The molecular formula is C15H11NO. The maximum absolute atomic E-state index is 9.91. The second kappa shape index (κ2) is 3.91. The molecular weight excluding hydrogens is 210 g/mol. The Bertz CT molecular complexity index is 671. The lowest BCUT2D eigenvalue weighted by Crippen LogP contribution is -1.82. The summed E-state index contributed by atoms with van der Waals surface area (Å²) in [6, 6.07) is 15.4. The first-order valence-corrected chi connectivity index (χ1v) is 5.47. The van der Waals surface area contributed by atoms with Gasteiger partial charge in [0.25, 0.3) is 0 Å². The number of hydrogen-bond acceptors (Lipinski definition) is 2. The predicted molar refractivity (Wildman–Crippen MR) is 68.8 cm³/mol. The van der Waals surface area contributed by atoms with E-state index in [-0.39, 0.29) is 0 Å². The van der Waals surface area contributed by atoms with E-state index in [0.717, 1.165) is 21.9 Å². The maximum atomic E-state index is 9.91. The quantitative estimate of drug-likeness (QED) is 0.681. The summed E-state index contributed by atoms with van der Waals surface area (Å²) in [4.78, 5) is 4.11. The molecule has 0 saturated heterocycles. The highest BCUT2D eigenvalue weighted by atomic mass is 16.3. The van der Waals surface area contributed by atoms with Crippen LogP contribution in [-0.4, -0.2) is 10.1 Å². The number of phenols is 1. The monoisotopic (exact) mass is 221 g/mol. The standard InChI is InChI=1S/C15H11NO/c17-15-7-2-1-5-14(15)13-6-3-4-11-10-16-9-8-12(11)13/h1-10,17H. The molecule has 0 radical (unpaired) electrons. The molecule has 3 rings (SSSR count). The van der Waals surface area contributed by atoms with E-state index in [1.165, 1.54) is 0 Å². The van der Waals surface area contributed by atoms with Gasteiger partial charge in [0.2, 0.25) is 0 Å². The van der Waals surface area contributed by atoms with E-state index in [1.807, 2.05) is 48.7 Å². The van der Waals surface area contributed by atoms with Gasteiger partial charge in [0.15, 0.2) is 0 Å². The van der Waals surface area contributed by atoms with Crippen molar-refractivity contribution in [3.8, 4) is 16.9 Å². The molecule has 0 spiro atoms. The summed E-state index contributed by atoms with van der Waals surface area (Å²) in [7, 11) is 0. The topological polar surface area (TPSA) is 33.1 Å². The van der Waals surface area contributed by atoms with E-state index >= 15 is 0 Å². The summed E-state index contributed by atoms with van der Waals surface area (Å²) >= 11 is 0. The van der Waals surface area contributed by atoms with Crippen LogP contribution in [0.1, 0.15) is 0 Å². The first-order valence-electron chi connectivity index (χ1n) is 5.47. The first kappa shape index (κ1) is 9.85. The highest BCUT2D eigenvalue weighted by Crippen LogP contribution is 2.33. The molecule has 0 aliphatic heterocycles. The lowest BCUT2D eigenvalue weighted by atomic mass is 9.99. The van der Waals surface area contributed by atoms with Crippen LogP contribution >= 0.6 is 0 Å². The fraction of sp³-hybridized carbons (Fsp3) is 0. The van der Waals surface area contributed by atoms with E-state index in [2.05, 4.69) is 4.98 Å². The van der Waals surface area contributed by atoms with Crippen molar-refractivity contribution < 1.29 is 5.11 Å². The summed E-state index contributed by atoms with van der Waals surface area (Å²) in [5.74, 6) is 0.303. The number of fused-ring (bicyclic) bond motifs is 1. The van der Waals surface area contributed by atoms with Gasteiger partial charge < -0.3 is 5.11 Å². The third-order valence-electron chi connectivity index (χ3n) is 2.87. The Balaban J connectivity index is 2.35. The summed E-state index contributed by atoms with van der Waals surface area (Å²) in [5.41, 5.74) is 1.88. The van der Waals surface area contributed by atoms with Crippen LogP contribution in [0.3, 0.4) is 0 Å². The van der Waals surface area contributed by atoms with Gasteiger partial charge in [-0.15, -0.1) is 0 Å². The van der Waals surface area contributed by atoms with Crippen LogP contribution in [0.15, 0.2) is 60.9 Å². The van der Waals surface area contributed by atoms with Crippen LogP contribution in [0.4, 0.5) is 0 Å². The van der Waals surface area contributed by atoms with Gasteiger partial charge in [0, 0.05) is 23.3 Å². The Morgan fingerprint density at radius 3 is 2.53 bits per heavy atom. The molecule has 2 aromatic carbocycles. The zero-order valence-corrected chi connectivity index (χ0v) is 9.17. The molecule has 0 aliphatic carbocycles. The fourth-order valence-electron chi connectivity index (χ4n) is 2.06. The van der Waals surface area contributed by atoms with Gasteiger partial charge in [-0.2, -0.15) is 0 Å². The zero-order valence-electron chi connectivity index (χ0n) is 9.17. The Morgan fingerprint density at radius 2 is 1.65 bits per heavy atom. The van der Waals surface area contributed by atoms with Crippen LogP contribution in [0.25, 0.3) is 21.9 Å². The largest absolute Gasteiger partial charge is 0.507 e. The van der Waals surface area contributed by atoms with E-state index in [0.29, 0.717) is 5.75 Å². The third kappa shape index (κ3) is 1.64. The van der Waals surface area contributed by atoms with Crippen LogP contribution in [0, 0.1) is 0 Å². The summed E-state index contributed by atoms with van der Waals surface area (Å²) < 4.78 is 0. The zero-order chi connectivity index (χ0) is 11.7. The minimum absolute atomic E-state index is 0.303. The molecule has 0 atom stereocenters. The molecule has 17 heavy (non-hydrogen) atoms. The van der Waals surface area contributed by atoms with Crippen molar-refractivity contribution in [1.29, 1.82) is 0 Å². The molecule has 3 aromatic rings. The number of pyridine rings is 1. The summed E-state index contributed by atoms with van der Waals surface area (Å²) in [6.45, 7) is 0. The second-order valence-electron chi connectivity index (χ2n) is 3.92. The van der Waals surface area contributed by atoms with E-state index in [4.69, 9.17) is 0 Å². The smallest absolute Gasteiger partial charge is 0.123 e. The molecule has 1 aromatic heterocycles. The minimum Gasteiger partial charge on any atom is -0.507 e. The lowest BCUT2D eigenvalue weighted by Gasteiger charge is -2.07. The van der Waals surface area contributed by atoms with E-state index < -0.39 is 0 Å². The number of nitrogens with zero attached hydrogens (tertiary/aromatic N) is 1. The first-order chi connectivity index (χ1) is 8.36. The molecule has 0 unspecified atom stereocenters. The lowest BCUT2D eigenvalue weighted by molar-refractivity contribution is 0.477. The molecule has 1 N–H and O–H groups in total. The molecule has 0 saturated carbocycles. The van der Waals surface area contributed by atoms with Crippen molar-refractivity contribution in [3.05, 3.63) is 60.9 Å². The molecule has 82 valence electrons. The highest BCUT2D eigenvalue weighted by molar-refractivity contribution is 5.97. The number of hydrogen-bond donors (Lipinski definition) is 1. The minimum atomic E-state index is 0.303. The Hall–Kier alpha value is -2.35. The third-order valence-corrected chi connectivity index (χ3v) is 2.87. The Labute approximate surface area is 99.2 Å². The van der Waals surface area contributed by atoms with Gasteiger partial charge in [0.05, 0.1) is 0 Å². The van der Waals surface area contributed by atoms with Crippen LogP contribution in [0.5, 0.6) is 5.75 Å². The average molecular weight is 221 g/mol. The number of benzene rings is 2. The number of para-hydroxylation sites is 1. The van der Waals surface area contributed by atoms with Gasteiger partial charge in [-0.1, -0.05) is 36.4 Å². The fourth-order valence-corrected chi connectivity index (χ4v) is 2.06.